The lowest BCUT2D eigenvalue weighted by molar-refractivity contribution is -0.138. The first-order valence-corrected chi connectivity index (χ1v) is 21.3. The lowest BCUT2D eigenvalue weighted by Crippen LogP contribution is -2.37. The Morgan fingerprint density at radius 1 is 0.889 bits per heavy atom. The van der Waals surface area contributed by atoms with Crippen LogP contribution in [-0.4, -0.2) is 126 Å². The molecular weight excluding hydrogens is 801 g/mol. The molecule has 25 heteroatoms. The molecule has 0 saturated carbocycles. The number of nitrogen functional groups attached to an aromatic ring is 1. The number of aliphatic hydroxyl groups excluding tert-OH is 2. The van der Waals surface area contributed by atoms with Gasteiger partial charge in [-0.1, -0.05) is 35.4 Å². The van der Waals surface area contributed by atoms with Crippen molar-refractivity contribution in [2.75, 3.05) is 23.5 Å². The number of carboxylic acids is 1. The topological polar surface area (TPSA) is 369 Å². The molecule has 21 nitrogen and oxygen atoms in total. The Morgan fingerprint density at radius 3 is 1.78 bits per heavy atom. The number of fused-ring (bicyclic) bond motifs is 1. The summed E-state index contributed by atoms with van der Waals surface area (Å²) in [6, 6.07) is 11.1. The van der Waals surface area contributed by atoms with Crippen molar-refractivity contribution in [3.8, 4) is 0 Å². The van der Waals surface area contributed by atoms with Crippen molar-refractivity contribution in [1.82, 2.24) is 19.5 Å². The predicted molar refractivity (Wildman–Crippen MR) is 193 cm³/mol. The number of aryl methyl sites for hydroxylation is 2. The number of nitrogens with two attached hydrogens (primary N) is 2. The first-order chi connectivity index (χ1) is 24.8. The smallest absolute Gasteiger partial charge is 0.320 e. The third kappa shape index (κ3) is 15.1. The number of aliphatic carboxylic acids is 1. The van der Waals surface area contributed by atoms with Crippen molar-refractivity contribution in [3.05, 3.63) is 72.3 Å². The molecule has 0 bridgehead atoms. The van der Waals surface area contributed by atoms with E-state index in [4.69, 9.17) is 47.9 Å². The van der Waals surface area contributed by atoms with E-state index < -0.39 is 67.2 Å². The summed E-state index contributed by atoms with van der Waals surface area (Å²) in [4.78, 5) is 22.8. The summed E-state index contributed by atoms with van der Waals surface area (Å²) < 4.78 is 99.3. The van der Waals surface area contributed by atoms with Crippen molar-refractivity contribution in [1.29, 1.82) is 0 Å². The molecule has 3 heterocycles. The Kier molecular flexibility index (Phi) is 16.8. The number of ether oxygens (including phenoxy) is 1. The van der Waals surface area contributed by atoms with E-state index in [-0.39, 0.29) is 26.5 Å². The third-order valence-electron chi connectivity index (χ3n) is 7.18. The van der Waals surface area contributed by atoms with Gasteiger partial charge in [0.1, 0.15) is 47.7 Å². The Hall–Kier alpha value is -3.86. The van der Waals surface area contributed by atoms with Gasteiger partial charge < -0.3 is 36.1 Å². The third-order valence-corrected chi connectivity index (χ3v) is 10.7. The first-order valence-electron chi connectivity index (χ1n) is 15.1. The largest absolute Gasteiger partial charge is 0.726 e. The quantitative estimate of drug-likeness (QED) is 0.0602. The second-order valence-electron chi connectivity index (χ2n) is 11.5. The Labute approximate surface area is 313 Å². The first kappa shape index (κ1) is 46.3. The number of hydrogen-bond acceptors (Lipinski definition) is 16. The molecular formula is C29H40N6O15S4. The van der Waals surface area contributed by atoms with E-state index in [1.165, 1.54) is 41.5 Å². The van der Waals surface area contributed by atoms with E-state index in [2.05, 4.69) is 15.0 Å². The Morgan fingerprint density at radius 2 is 1.35 bits per heavy atom. The minimum atomic E-state index is -4.92. The van der Waals surface area contributed by atoms with Gasteiger partial charge in [-0.15, -0.1) is 0 Å². The molecule has 300 valence electrons. The normalized spacial score (nSPS) is 19.6. The fourth-order valence-corrected chi connectivity index (χ4v) is 7.01. The van der Waals surface area contributed by atoms with Crippen LogP contribution in [0.25, 0.3) is 11.2 Å². The van der Waals surface area contributed by atoms with Crippen molar-refractivity contribution in [2.24, 2.45) is 5.73 Å². The molecule has 1 aliphatic rings. The van der Waals surface area contributed by atoms with E-state index in [0.29, 0.717) is 29.1 Å². The molecule has 2 aromatic heterocycles. The summed E-state index contributed by atoms with van der Waals surface area (Å²) in [5.41, 5.74) is 14.0. The van der Waals surface area contributed by atoms with Gasteiger partial charge >= 0.3 is 5.97 Å². The molecule has 6 atom stereocenters. The number of rotatable bonds is 9. The van der Waals surface area contributed by atoms with Gasteiger partial charge in [0.2, 0.25) is 10.4 Å². The van der Waals surface area contributed by atoms with E-state index in [9.17, 15) is 31.8 Å². The Balaban J connectivity index is 0.000000306. The van der Waals surface area contributed by atoms with Gasteiger partial charge in [0, 0.05) is 6.42 Å². The molecule has 2 aromatic carbocycles. The summed E-state index contributed by atoms with van der Waals surface area (Å²) in [5, 5.41) is 29.7. The minimum Gasteiger partial charge on any atom is -0.726 e. The maximum atomic E-state index is 10.8. The summed E-state index contributed by atoms with van der Waals surface area (Å²) in [6.45, 7) is 3.68. The number of hydrogen-bond donors (Lipinski definition) is 8. The predicted octanol–water partition coefficient (Wildman–Crippen LogP) is -0.434. The van der Waals surface area contributed by atoms with Crippen molar-refractivity contribution in [3.63, 3.8) is 0 Å². The number of carboxylic acid groups (broad SMARTS) is 1. The van der Waals surface area contributed by atoms with Crippen LogP contribution < -0.4 is 11.5 Å². The number of benzene rings is 2. The van der Waals surface area contributed by atoms with Gasteiger partial charge in [-0.25, -0.2) is 23.4 Å². The molecule has 1 fully saturated rings. The molecule has 6 unspecified atom stereocenters. The highest BCUT2D eigenvalue weighted by Crippen LogP contribution is 2.32. The lowest BCUT2D eigenvalue weighted by Gasteiger charge is -2.16. The zero-order valence-electron chi connectivity index (χ0n) is 28.7. The number of carbonyl (C=O) groups is 1. The summed E-state index contributed by atoms with van der Waals surface area (Å²) in [6.07, 6.45) is 1.31. The average Bonchev–Trinajstić information content (AvgIpc) is 3.60. The van der Waals surface area contributed by atoms with Crippen LogP contribution in [0.3, 0.4) is 0 Å². The maximum absolute atomic E-state index is 10.8. The van der Waals surface area contributed by atoms with Crippen molar-refractivity contribution in [2.45, 2.75) is 60.6 Å². The van der Waals surface area contributed by atoms with Gasteiger partial charge in [0.15, 0.2) is 17.7 Å². The SMILES string of the molecule is C[S+](CCC(N)C(=O)O)CC1OC(n2cnc3c(N)ncnc32)C(O)C1O.Cc1ccc(S(=O)(=O)O)cc1.Cc1ccc(S(=O)(=O)O)cc1.O=S(=O)([O-])O. The van der Waals surface area contributed by atoms with Gasteiger partial charge in [-0.2, -0.15) is 16.8 Å². The summed E-state index contributed by atoms with van der Waals surface area (Å²) in [5.74, 6) is 0.254. The molecule has 0 radical (unpaired) electrons. The molecule has 0 aliphatic carbocycles. The number of aromatic nitrogens is 4. The molecule has 4 aromatic rings. The average molecular weight is 841 g/mol. The van der Waals surface area contributed by atoms with Crippen LogP contribution in [0, 0.1) is 13.8 Å². The molecule has 0 amide bonds. The van der Waals surface area contributed by atoms with Crippen LogP contribution in [0.2, 0.25) is 0 Å². The van der Waals surface area contributed by atoms with E-state index in [1.54, 1.807) is 24.3 Å². The number of nitrogens with zero attached hydrogens (tertiary/aromatic N) is 4. The molecule has 5 rings (SSSR count). The van der Waals surface area contributed by atoms with Crippen LogP contribution in [0.4, 0.5) is 5.82 Å². The highest BCUT2D eigenvalue weighted by molar-refractivity contribution is 7.96. The number of imidazole rings is 1. The monoisotopic (exact) mass is 840 g/mol. The second kappa shape index (κ2) is 19.6. The standard InChI is InChI=1S/C15H22N6O5S.2C7H8O3S.H2O4S/c1-27(3-2-7(16)15(24)25)4-8-10(22)11(23)14(26-8)21-6-20-9-12(17)18-5-19-13(9)21;2*1-6-2-4-7(5-3-6)11(8,9)10;1-5(2,3)4/h5-8,10-11,14,22-23H,2-4,16H2,1H3,(H2-,17,18,19,24,25);2*2-5H,1H3,(H,8,9,10);(H2,1,2,3,4). The van der Waals surface area contributed by atoms with Crippen molar-refractivity contribution >= 4 is 64.5 Å². The highest BCUT2D eigenvalue weighted by Gasteiger charge is 2.46. The molecule has 1 saturated heterocycles. The minimum absolute atomic E-state index is 0.0666. The summed E-state index contributed by atoms with van der Waals surface area (Å²) >= 11 is 0. The van der Waals surface area contributed by atoms with Crippen LogP contribution in [0.5, 0.6) is 0 Å². The van der Waals surface area contributed by atoms with Crippen molar-refractivity contribution < 1.29 is 68.3 Å². The van der Waals surface area contributed by atoms with Gasteiger partial charge in [-0.05, 0) is 49.0 Å². The Bertz CT molecular complexity index is 2090. The van der Waals surface area contributed by atoms with Crippen LogP contribution in [0.1, 0.15) is 23.8 Å². The van der Waals surface area contributed by atoms with Gasteiger partial charge in [-0.3, -0.25) is 23.0 Å². The second-order valence-corrected chi connectivity index (χ2v) is 17.5. The van der Waals surface area contributed by atoms with E-state index >= 15 is 0 Å². The highest BCUT2D eigenvalue weighted by atomic mass is 32.3. The maximum Gasteiger partial charge on any atom is 0.320 e. The summed E-state index contributed by atoms with van der Waals surface area (Å²) in [7, 11) is -13.2. The van der Waals surface area contributed by atoms with Crippen LogP contribution in [-0.2, 0) is 51.1 Å². The van der Waals surface area contributed by atoms with E-state index in [0.717, 1.165) is 11.1 Å². The lowest BCUT2D eigenvalue weighted by atomic mass is 10.1. The molecule has 0 spiro atoms. The van der Waals surface area contributed by atoms with Crippen LogP contribution >= 0.6 is 0 Å². The zero-order valence-corrected chi connectivity index (χ0v) is 32.0. The van der Waals surface area contributed by atoms with E-state index in [1.807, 2.05) is 20.1 Å². The molecule has 1 aliphatic heterocycles. The molecule has 54 heavy (non-hydrogen) atoms. The fourth-order valence-electron chi connectivity index (χ4n) is 4.39. The van der Waals surface area contributed by atoms with Gasteiger partial charge in [0.05, 0.1) is 22.4 Å². The zero-order chi connectivity index (χ0) is 41.2. The van der Waals surface area contributed by atoms with Crippen LogP contribution in [0.15, 0.2) is 71.0 Å². The fraction of sp³-hybridized carbons (Fsp3) is 0.379. The number of aliphatic hydroxyl groups is 2. The number of anilines is 1. The molecule has 10 N–H and O–H groups in total. The van der Waals surface area contributed by atoms with Gasteiger partial charge in [0.25, 0.3) is 20.2 Å².